The average molecular weight is 327 g/mol. The number of hydrogen-bond donors (Lipinski definition) is 0. The summed E-state index contributed by atoms with van der Waals surface area (Å²) in [6, 6.07) is 4.19. The first-order chi connectivity index (χ1) is 12.2. The Labute approximate surface area is 148 Å². The zero-order valence-electron chi connectivity index (χ0n) is 14.5. The molecule has 0 saturated heterocycles. The van der Waals surface area contributed by atoms with Crippen molar-refractivity contribution in [3.63, 3.8) is 0 Å². The van der Waals surface area contributed by atoms with Crippen molar-refractivity contribution in [3.8, 4) is 0 Å². The summed E-state index contributed by atoms with van der Waals surface area (Å²) in [5.74, 6) is 0.778. The normalized spacial score (nSPS) is 11.7. The lowest BCUT2D eigenvalue weighted by Crippen LogP contribution is -1.90. The molecule has 2 aromatic heterocycles. The number of aryl methyl sites for hydroxylation is 1. The van der Waals surface area contributed by atoms with E-state index in [0.717, 1.165) is 44.5 Å². The van der Waals surface area contributed by atoms with Gasteiger partial charge in [-0.1, -0.05) is 62.8 Å². The summed E-state index contributed by atoms with van der Waals surface area (Å²) in [6.07, 6.45) is 14.9. The SMILES string of the molecule is C=C/C=C\c1oc2c(ccc3c2c(/C=C\C=C)c(C=C)n3C)c1C=C. The van der Waals surface area contributed by atoms with Gasteiger partial charge >= 0.3 is 0 Å². The number of nitrogens with zero attached hydrogens (tertiary/aromatic N) is 1. The molecule has 0 atom stereocenters. The largest absolute Gasteiger partial charge is 0.455 e. The minimum atomic E-state index is 0.778. The Bertz CT molecular complexity index is 1070. The third-order valence-electron chi connectivity index (χ3n) is 4.35. The lowest BCUT2D eigenvalue weighted by atomic mass is 10.0. The minimum absolute atomic E-state index is 0.778. The molecule has 0 aliphatic rings. The summed E-state index contributed by atoms with van der Waals surface area (Å²) < 4.78 is 8.35. The van der Waals surface area contributed by atoms with Gasteiger partial charge in [-0.25, -0.2) is 0 Å². The van der Waals surface area contributed by atoms with Gasteiger partial charge in [0.05, 0.1) is 10.9 Å². The van der Waals surface area contributed by atoms with Crippen LogP contribution in [0.4, 0.5) is 0 Å². The highest BCUT2D eigenvalue weighted by Gasteiger charge is 2.19. The van der Waals surface area contributed by atoms with Crippen LogP contribution in [0.1, 0.15) is 22.6 Å². The second-order valence-electron chi connectivity index (χ2n) is 5.67. The first kappa shape index (κ1) is 16.6. The lowest BCUT2D eigenvalue weighted by molar-refractivity contribution is 0.606. The monoisotopic (exact) mass is 327 g/mol. The molecule has 1 aromatic carbocycles. The fraction of sp³-hybridized carbons (Fsp3) is 0.0435. The smallest absolute Gasteiger partial charge is 0.145 e. The Morgan fingerprint density at radius 1 is 0.920 bits per heavy atom. The summed E-state index contributed by atoms with van der Waals surface area (Å²) in [5.41, 5.74) is 5.04. The van der Waals surface area contributed by atoms with E-state index >= 15 is 0 Å². The Hall–Kier alpha value is -3.26. The predicted octanol–water partition coefficient (Wildman–Crippen LogP) is 6.61. The van der Waals surface area contributed by atoms with Crippen LogP contribution in [0.5, 0.6) is 0 Å². The Morgan fingerprint density at radius 2 is 1.64 bits per heavy atom. The topological polar surface area (TPSA) is 18.1 Å². The molecular formula is C23H21NO. The third-order valence-corrected chi connectivity index (χ3v) is 4.35. The highest BCUT2D eigenvalue weighted by molar-refractivity contribution is 6.12. The number of aromatic nitrogens is 1. The molecule has 2 nitrogen and oxygen atoms in total. The third kappa shape index (κ3) is 2.52. The maximum absolute atomic E-state index is 6.23. The molecule has 0 unspecified atom stereocenters. The number of furan rings is 1. The van der Waals surface area contributed by atoms with E-state index in [-0.39, 0.29) is 0 Å². The summed E-state index contributed by atoms with van der Waals surface area (Å²) in [7, 11) is 2.03. The van der Waals surface area contributed by atoms with Gasteiger partial charge in [0.15, 0.2) is 0 Å². The van der Waals surface area contributed by atoms with Crippen LogP contribution >= 0.6 is 0 Å². The van der Waals surface area contributed by atoms with E-state index in [2.05, 4.69) is 43.0 Å². The van der Waals surface area contributed by atoms with Crippen LogP contribution in [0, 0.1) is 0 Å². The highest BCUT2D eigenvalue weighted by Crippen LogP contribution is 2.38. The Balaban J connectivity index is 2.50. The van der Waals surface area contributed by atoms with Crippen LogP contribution in [0.15, 0.2) is 67.2 Å². The van der Waals surface area contributed by atoms with Crippen LogP contribution in [0.25, 0.3) is 46.2 Å². The van der Waals surface area contributed by atoms with E-state index in [1.54, 1.807) is 12.2 Å². The number of fused-ring (bicyclic) bond motifs is 3. The van der Waals surface area contributed by atoms with Crippen LogP contribution in [-0.2, 0) is 7.05 Å². The van der Waals surface area contributed by atoms with Gasteiger partial charge in [-0.05, 0) is 24.3 Å². The van der Waals surface area contributed by atoms with E-state index in [9.17, 15) is 0 Å². The molecule has 0 N–H and O–H groups in total. The molecular weight excluding hydrogens is 306 g/mol. The van der Waals surface area contributed by atoms with Crippen molar-refractivity contribution in [1.29, 1.82) is 0 Å². The minimum Gasteiger partial charge on any atom is -0.455 e. The van der Waals surface area contributed by atoms with Gasteiger partial charge in [0.1, 0.15) is 11.3 Å². The second kappa shape index (κ2) is 6.70. The van der Waals surface area contributed by atoms with Gasteiger partial charge in [0.25, 0.3) is 0 Å². The maximum atomic E-state index is 6.23. The molecule has 25 heavy (non-hydrogen) atoms. The van der Waals surface area contributed by atoms with Gasteiger partial charge in [0, 0.05) is 29.3 Å². The molecule has 0 radical (unpaired) electrons. The van der Waals surface area contributed by atoms with Crippen LogP contribution in [0.2, 0.25) is 0 Å². The molecule has 2 heterocycles. The molecule has 0 aliphatic carbocycles. The van der Waals surface area contributed by atoms with Gasteiger partial charge < -0.3 is 8.98 Å². The second-order valence-corrected chi connectivity index (χ2v) is 5.67. The van der Waals surface area contributed by atoms with Crippen molar-refractivity contribution in [3.05, 3.63) is 85.3 Å². The van der Waals surface area contributed by atoms with E-state index in [0.29, 0.717) is 0 Å². The average Bonchev–Trinajstić information content (AvgIpc) is 3.12. The fourth-order valence-corrected chi connectivity index (χ4v) is 3.24. The Morgan fingerprint density at radius 3 is 2.28 bits per heavy atom. The van der Waals surface area contributed by atoms with Gasteiger partial charge in [-0.2, -0.15) is 0 Å². The summed E-state index contributed by atoms with van der Waals surface area (Å²) in [4.78, 5) is 0. The van der Waals surface area contributed by atoms with Crippen molar-refractivity contribution in [2.45, 2.75) is 0 Å². The van der Waals surface area contributed by atoms with Gasteiger partial charge in [0.2, 0.25) is 0 Å². The first-order valence-electron chi connectivity index (χ1n) is 8.08. The molecule has 3 rings (SSSR count). The van der Waals surface area contributed by atoms with Crippen molar-refractivity contribution in [1.82, 2.24) is 4.57 Å². The maximum Gasteiger partial charge on any atom is 0.145 e. The van der Waals surface area contributed by atoms with Crippen LogP contribution in [0.3, 0.4) is 0 Å². The molecule has 2 heteroatoms. The Kier molecular flexibility index (Phi) is 4.44. The zero-order valence-corrected chi connectivity index (χ0v) is 14.5. The van der Waals surface area contributed by atoms with Crippen molar-refractivity contribution in [2.24, 2.45) is 7.05 Å². The van der Waals surface area contributed by atoms with Crippen LogP contribution < -0.4 is 0 Å². The zero-order chi connectivity index (χ0) is 18.0. The van der Waals surface area contributed by atoms with Crippen molar-refractivity contribution < 1.29 is 4.42 Å². The lowest BCUT2D eigenvalue weighted by Gasteiger charge is -1.98. The molecule has 3 aromatic rings. The summed E-state index contributed by atoms with van der Waals surface area (Å²) >= 11 is 0. The number of allylic oxidation sites excluding steroid dienone is 4. The van der Waals surface area contributed by atoms with Gasteiger partial charge in [-0.3, -0.25) is 0 Å². The molecule has 0 amide bonds. The predicted molar refractivity (Wildman–Crippen MR) is 111 cm³/mol. The summed E-state index contributed by atoms with van der Waals surface area (Å²) in [5, 5.41) is 2.11. The summed E-state index contributed by atoms with van der Waals surface area (Å²) in [6.45, 7) is 15.4. The molecule has 124 valence electrons. The standard InChI is InChI=1S/C23H21NO/c1-6-10-12-18-19(9-4)24(5)20-15-14-17-16(8-3)21(13-11-7-2)25-23(17)22(18)20/h6-15H,1-4H2,5H3/b12-10-,13-11-. The number of hydrogen-bond acceptors (Lipinski definition) is 1. The number of rotatable bonds is 6. The molecule has 0 spiro atoms. The molecule has 0 saturated carbocycles. The van der Waals surface area contributed by atoms with E-state index in [1.807, 2.05) is 43.5 Å². The van der Waals surface area contributed by atoms with E-state index in [1.165, 1.54) is 0 Å². The molecule has 0 aliphatic heterocycles. The van der Waals surface area contributed by atoms with E-state index < -0.39 is 0 Å². The first-order valence-corrected chi connectivity index (χ1v) is 8.08. The highest BCUT2D eigenvalue weighted by atomic mass is 16.3. The van der Waals surface area contributed by atoms with E-state index in [4.69, 9.17) is 4.42 Å². The van der Waals surface area contributed by atoms with Crippen molar-refractivity contribution >= 4 is 46.2 Å². The molecule has 0 fully saturated rings. The fourth-order valence-electron chi connectivity index (χ4n) is 3.24. The van der Waals surface area contributed by atoms with Crippen molar-refractivity contribution in [2.75, 3.05) is 0 Å². The molecule has 0 bridgehead atoms. The quantitative estimate of drug-likeness (QED) is 0.466. The number of benzene rings is 1. The van der Waals surface area contributed by atoms with Gasteiger partial charge in [-0.15, -0.1) is 0 Å². The van der Waals surface area contributed by atoms with Crippen LogP contribution in [-0.4, -0.2) is 4.57 Å².